The quantitative estimate of drug-likeness (QED) is 0.526. The maximum Gasteiger partial charge on any atom is 0.573 e. The van der Waals surface area contributed by atoms with Crippen LogP contribution in [0.3, 0.4) is 0 Å². The van der Waals surface area contributed by atoms with E-state index in [1.165, 1.54) is 24.3 Å². The van der Waals surface area contributed by atoms with Crippen LogP contribution in [0.25, 0.3) is 0 Å². The molecule has 2 atom stereocenters. The molecule has 2 aromatic rings. The topological polar surface area (TPSA) is 32.8 Å². The summed E-state index contributed by atoms with van der Waals surface area (Å²) in [6.45, 7) is 3.16. The van der Waals surface area contributed by atoms with Crippen LogP contribution in [0.5, 0.6) is 5.75 Å². The van der Waals surface area contributed by atoms with E-state index < -0.39 is 6.36 Å². The summed E-state index contributed by atoms with van der Waals surface area (Å²) in [5.41, 5.74) is 2.62. The number of halogens is 4. The molecule has 9 heteroatoms. The maximum absolute atomic E-state index is 13.2. The van der Waals surface area contributed by atoms with Crippen molar-refractivity contribution in [2.45, 2.75) is 38.2 Å². The van der Waals surface area contributed by atoms with Gasteiger partial charge in [0.1, 0.15) is 11.6 Å². The van der Waals surface area contributed by atoms with Crippen LogP contribution < -0.4 is 4.74 Å². The Morgan fingerprint density at radius 3 is 2.38 bits per heavy atom. The van der Waals surface area contributed by atoms with E-state index in [4.69, 9.17) is 0 Å². The fourth-order valence-corrected chi connectivity index (χ4v) is 5.19. The van der Waals surface area contributed by atoms with E-state index in [1.54, 1.807) is 36.0 Å². The van der Waals surface area contributed by atoms with Crippen LogP contribution in [0.1, 0.15) is 24.5 Å². The molecule has 0 saturated carbocycles. The van der Waals surface area contributed by atoms with Gasteiger partial charge in [-0.2, -0.15) is 0 Å². The van der Waals surface area contributed by atoms with E-state index in [0.29, 0.717) is 25.9 Å². The van der Waals surface area contributed by atoms with Gasteiger partial charge in [0.25, 0.3) is 0 Å². The van der Waals surface area contributed by atoms with Crippen LogP contribution in [-0.2, 0) is 17.8 Å². The summed E-state index contributed by atoms with van der Waals surface area (Å²) < 4.78 is 54.1. The van der Waals surface area contributed by atoms with E-state index >= 15 is 0 Å². The van der Waals surface area contributed by atoms with Crippen LogP contribution >= 0.6 is 11.8 Å². The molecule has 2 unspecified atom stereocenters. The summed E-state index contributed by atoms with van der Waals surface area (Å²) in [6.07, 6.45) is -3.59. The average molecular weight is 467 g/mol. The van der Waals surface area contributed by atoms with Crippen molar-refractivity contribution < 1.29 is 27.1 Å². The SMILES string of the molecule is CC1=CSC(N2CCC(Cc3ccc(OC(F)(F)F)cc3)C2=O)N1Cc1ccc(F)cc1. The molecule has 1 amide bonds. The van der Waals surface area contributed by atoms with E-state index in [2.05, 4.69) is 9.64 Å². The Balaban J connectivity index is 1.39. The van der Waals surface area contributed by atoms with E-state index in [1.807, 2.05) is 17.2 Å². The predicted octanol–water partition coefficient (Wildman–Crippen LogP) is 5.51. The van der Waals surface area contributed by atoms with Gasteiger partial charge in [-0.05, 0) is 60.6 Å². The number of alkyl halides is 3. The first kappa shape index (κ1) is 22.5. The normalized spacial score (nSPS) is 21.3. The zero-order valence-corrected chi connectivity index (χ0v) is 18.1. The molecule has 2 heterocycles. The van der Waals surface area contributed by atoms with Gasteiger partial charge < -0.3 is 14.5 Å². The highest BCUT2D eigenvalue weighted by molar-refractivity contribution is 8.02. The Morgan fingerprint density at radius 2 is 1.72 bits per heavy atom. The minimum atomic E-state index is -4.73. The summed E-state index contributed by atoms with van der Waals surface area (Å²) >= 11 is 1.57. The third-order valence-electron chi connectivity index (χ3n) is 5.60. The smallest absolute Gasteiger partial charge is 0.406 e. The molecule has 0 N–H and O–H groups in total. The fourth-order valence-electron chi connectivity index (χ4n) is 3.99. The van der Waals surface area contributed by atoms with Crippen molar-refractivity contribution in [3.8, 4) is 5.75 Å². The Morgan fingerprint density at radius 1 is 1.06 bits per heavy atom. The number of amides is 1. The van der Waals surface area contributed by atoms with Crippen LogP contribution in [0, 0.1) is 11.7 Å². The third-order valence-corrected chi connectivity index (χ3v) is 6.83. The average Bonchev–Trinajstić information content (AvgIpc) is 3.27. The molecule has 2 aromatic carbocycles. The number of rotatable bonds is 6. The molecule has 2 aliphatic rings. The highest BCUT2D eigenvalue weighted by Gasteiger charge is 2.40. The third kappa shape index (κ3) is 5.20. The van der Waals surface area contributed by atoms with Crippen molar-refractivity contribution in [3.63, 3.8) is 0 Å². The van der Waals surface area contributed by atoms with Gasteiger partial charge in [-0.15, -0.1) is 13.2 Å². The lowest BCUT2D eigenvalue weighted by Gasteiger charge is -2.34. The first-order valence-electron chi connectivity index (χ1n) is 10.2. The monoisotopic (exact) mass is 466 g/mol. The number of thioether (sulfide) groups is 1. The van der Waals surface area contributed by atoms with Crippen molar-refractivity contribution in [3.05, 3.63) is 76.6 Å². The number of allylic oxidation sites excluding steroid dienone is 1. The summed E-state index contributed by atoms with van der Waals surface area (Å²) in [7, 11) is 0. The Kier molecular flexibility index (Phi) is 6.37. The van der Waals surface area contributed by atoms with Crippen molar-refractivity contribution in [2.24, 2.45) is 5.92 Å². The van der Waals surface area contributed by atoms with Crippen LogP contribution in [0.4, 0.5) is 17.6 Å². The Hall–Kier alpha value is -2.68. The molecule has 1 fully saturated rings. The van der Waals surface area contributed by atoms with Crippen molar-refractivity contribution in [1.82, 2.24) is 9.80 Å². The largest absolute Gasteiger partial charge is 0.573 e. The molecule has 0 bridgehead atoms. The van der Waals surface area contributed by atoms with Crippen LogP contribution in [0.15, 0.2) is 59.6 Å². The predicted molar refractivity (Wildman–Crippen MR) is 114 cm³/mol. The van der Waals surface area contributed by atoms with Crippen LogP contribution in [0.2, 0.25) is 0 Å². The summed E-state index contributed by atoms with van der Waals surface area (Å²) in [6, 6.07) is 12.0. The molecule has 0 aromatic heterocycles. The van der Waals surface area contributed by atoms with Crippen molar-refractivity contribution in [2.75, 3.05) is 6.54 Å². The molecule has 0 aliphatic carbocycles. The number of hydrogen-bond donors (Lipinski definition) is 0. The number of carbonyl (C=O) groups excluding carboxylic acids is 1. The van der Waals surface area contributed by atoms with E-state index in [0.717, 1.165) is 16.8 Å². The van der Waals surface area contributed by atoms with Gasteiger partial charge >= 0.3 is 6.36 Å². The zero-order valence-electron chi connectivity index (χ0n) is 17.3. The molecular weight excluding hydrogens is 444 g/mol. The lowest BCUT2D eigenvalue weighted by molar-refractivity contribution is -0.274. The molecular formula is C23H22F4N2O2S. The number of hydrogen-bond acceptors (Lipinski definition) is 4. The second-order valence-corrected chi connectivity index (χ2v) is 8.82. The molecule has 1 saturated heterocycles. The molecule has 170 valence electrons. The lowest BCUT2D eigenvalue weighted by Crippen LogP contribution is -2.44. The fraction of sp³-hybridized carbons (Fsp3) is 0.348. The second kappa shape index (κ2) is 9.05. The number of benzene rings is 2. The molecule has 0 spiro atoms. The van der Waals surface area contributed by atoms with Gasteiger partial charge in [-0.3, -0.25) is 4.79 Å². The summed E-state index contributed by atoms with van der Waals surface area (Å²) in [4.78, 5) is 17.1. The number of carbonyl (C=O) groups is 1. The standard InChI is InChI=1S/C23H22F4N2O2S/c1-15-14-32-22(29(15)13-17-2-6-19(24)7-3-17)28-11-10-18(21(28)30)12-16-4-8-20(9-5-16)31-23(25,26)27/h2-9,14,18,22H,10-13H2,1H3. The van der Waals surface area contributed by atoms with Gasteiger partial charge in [-0.1, -0.05) is 36.0 Å². The Labute approximate surface area is 187 Å². The Bertz CT molecular complexity index is 993. The first-order valence-corrected chi connectivity index (χ1v) is 11.1. The minimum Gasteiger partial charge on any atom is -0.406 e. The number of likely N-dealkylation sites (tertiary alicyclic amines) is 1. The molecule has 2 aliphatic heterocycles. The highest BCUT2D eigenvalue weighted by Crippen LogP contribution is 2.38. The van der Waals surface area contributed by atoms with Gasteiger partial charge in [0, 0.05) is 24.7 Å². The maximum atomic E-state index is 13.2. The van der Waals surface area contributed by atoms with E-state index in [9.17, 15) is 22.4 Å². The van der Waals surface area contributed by atoms with Gasteiger partial charge in [0.05, 0.1) is 0 Å². The molecule has 0 radical (unpaired) electrons. The van der Waals surface area contributed by atoms with Crippen molar-refractivity contribution in [1.29, 1.82) is 0 Å². The molecule has 32 heavy (non-hydrogen) atoms. The van der Waals surface area contributed by atoms with Crippen molar-refractivity contribution >= 4 is 17.7 Å². The highest BCUT2D eigenvalue weighted by atomic mass is 32.2. The summed E-state index contributed by atoms with van der Waals surface area (Å²) in [5.74, 6) is -0.756. The summed E-state index contributed by atoms with van der Waals surface area (Å²) in [5, 5.41) is 2.02. The zero-order chi connectivity index (χ0) is 22.9. The first-order chi connectivity index (χ1) is 15.2. The van der Waals surface area contributed by atoms with E-state index in [-0.39, 0.29) is 28.9 Å². The minimum absolute atomic E-state index is 0.0327. The number of ether oxygens (including phenoxy) is 1. The second-order valence-electron chi connectivity index (χ2n) is 7.89. The van der Waals surface area contributed by atoms with Crippen LogP contribution in [-0.4, -0.2) is 34.1 Å². The van der Waals surface area contributed by atoms with Gasteiger partial charge in [-0.25, -0.2) is 4.39 Å². The van der Waals surface area contributed by atoms with Gasteiger partial charge in [0.15, 0.2) is 5.50 Å². The lowest BCUT2D eigenvalue weighted by atomic mass is 9.98. The number of nitrogens with zero attached hydrogens (tertiary/aromatic N) is 2. The van der Waals surface area contributed by atoms with Gasteiger partial charge in [0.2, 0.25) is 5.91 Å². The molecule has 4 nitrogen and oxygen atoms in total. The molecule has 4 rings (SSSR count).